The number of rotatable bonds is 2. The molecule has 0 bridgehead atoms. The van der Waals surface area contributed by atoms with Gasteiger partial charge in [-0.15, -0.1) is 5.10 Å². The minimum atomic E-state index is 0.413. The van der Waals surface area contributed by atoms with E-state index in [2.05, 4.69) is 10.2 Å². The monoisotopic (exact) mass is 226 g/mol. The maximum absolute atomic E-state index is 6.02. The Kier molecular flexibility index (Phi) is 3.41. The maximum atomic E-state index is 6.02. The van der Waals surface area contributed by atoms with E-state index in [-0.39, 0.29) is 0 Å². The Morgan fingerprint density at radius 1 is 1.27 bits per heavy atom. The van der Waals surface area contributed by atoms with E-state index in [4.69, 9.17) is 16.3 Å². The molecule has 4 heteroatoms. The summed E-state index contributed by atoms with van der Waals surface area (Å²) in [6.07, 6.45) is 6.33. The fraction of sp³-hybridized carbons (Fsp3) is 0.636. The highest BCUT2D eigenvalue weighted by molar-refractivity contribution is 6.31. The number of hydrogen-bond donors (Lipinski definition) is 0. The lowest BCUT2D eigenvalue weighted by Crippen LogP contribution is -2.07. The Morgan fingerprint density at radius 2 is 2.00 bits per heavy atom. The molecule has 15 heavy (non-hydrogen) atoms. The van der Waals surface area contributed by atoms with Gasteiger partial charge in [0.25, 0.3) is 5.88 Å². The Balaban J connectivity index is 2.17. The number of ether oxygens (including phenoxy) is 1. The number of aromatic nitrogens is 2. The third-order valence-corrected chi connectivity index (χ3v) is 3.22. The number of methoxy groups -OCH3 is 1. The standard InChI is InChI=1S/C11H15ClN2O/c1-15-11-9(12)7-10(13-14-11)8-5-3-2-4-6-8/h7-8H,2-6H2,1H3. The van der Waals surface area contributed by atoms with Gasteiger partial charge in [0.05, 0.1) is 12.8 Å². The molecule has 0 aliphatic heterocycles. The molecule has 0 spiro atoms. The maximum Gasteiger partial charge on any atom is 0.252 e. The molecule has 1 saturated carbocycles. The molecular weight excluding hydrogens is 212 g/mol. The van der Waals surface area contributed by atoms with Crippen molar-refractivity contribution in [3.05, 3.63) is 16.8 Å². The first-order valence-electron chi connectivity index (χ1n) is 5.38. The van der Waals surface area contributed by atoms with E-state index in [1.54, 1.807) is 7.11 Å². The predicted octanol–water partition coefficient (Wildman–Crippen LogP) is 3.19. The first-order chi connectivity index (χ1) is 7.31. The largest absolute Gasteiger partial charge is 0.479 e. The molecule has 1 aliphatic carbocycles. The van der Waals surface area contributed by atoms with Crippen molar-refractivity contribution >= 4 is 11.6 Å². The average Bonchev–Trinajstić information content (AvgIpc) is 2.30. The van der Waals surface area contributed by atoms with Crippen LogP contribution in [0.25, 0.3) is 0 Å². The van der Waals surface area contributed by atoms with Gasteiger partial charge in [-0.3, -0.25) is 0 Å². The van der Waals surface area contributed by atoms with Crippen molar-refractivity contribution < 1.29 is 4.74 Å². The van der Waals surface area contributed by atoms with E-state index in [1.165, 1.54) is 32.1 Å². The van der Waals surface area contributed by atoms with Crippen LogP contribution in [0.15, 0.2) is 6.07 Å². The van der Waals surface area contributed by atoms with E-state index in [0.29, 0.717) is 16.8 Å². The molecule has 0 atom stereocenters. The summed E-state index contributed by atoms with van der Waals surface area (Å²) in [6, 6.07) is 1.89. The van der Waals surface area contributed by atoms with Crippen molar-refractivity contribution in [2.45, 2.75) is 38.0 Å². The third kappa shape index (κ3) is 2.40. The molecule has 1 aliphatic rings. The molecular formula is C11H15ClN2O. The zero-order chi connectivity index (χ0) is 10.7. The fourth-order valence-corrected chi connectivity index (χ4v) is 2.33. The zero-order valence-electron chi connectivity index (χ0n) is 8.87. The van der Waals surface area contributed by atoms with Crippen molar-refractivity contribution in [3.8, 4) is 5.88 Å². The van der Waals surface area contributed by atoms with Gasteiger partial charge in [0.1, 0.15) is 5.02 Å². The molecule has 1 aromatic rings. The quantitative estimate of drug-likeness (QED) is 0.777. The highest BCUT2D eigenvalue weighted by Gasteiger charge is 2.18. The summed E-state index contributed by atoms with van der Waals surface area (Å²) in [5, 5.41) is 8.71. The summed E-state index contributed by atoms with van der Waals surface area (Å²) in [4.78, 5) is 0. The summed E-state index contributed by atoms with van der Waals surface area (Å²) in [5.41, 5.74) is 1.01. The van der Waals surface area contributed by atoms with Crippen LogP contribution in [0.2, 0.25) is 5.02 Å². The van der Waals surface area contributed by atoms with Gasteiger partial charge in [-0.05, 0) is 18.9 Å². The number of hydrogen-bond acceptors (Lipinski definition) is 3. The minimum absolute atomic E-state index is 0.413. The van der Waals surface area contributed by atoms with Crippen LogP contribution >= 0.6 is 11.6 Å². The molecule has 0 saturated heterocycles. The number of halogens is 1. The predicted molar refractivity (Wildman–Crippen MR) is 59.4 cm³/mol. The molecule has 0 radical (unpaired) electrons. The van der Waals surface area contributed by atoms with Crippen LogP contribution in [0, 0.1) is 0 Å². The van der Waals surface area contributed by atoms with E-state index in [0.717, 1.165) is 5.69 Å². The molecule has 1 fully saturated rings. The van der Waals surface area contributed by atoms with Crippen LogP contribution in [0.1, 0.15) is 43.7 Å². The summed E-state index contributed by atoms with van der Waals surface area (Å²) in [6.45, 7) is 0. The van der Waals surface area contributed by atoms with Crippen LogP contribution in [0.4, 0.5) is 0 Å². The molecule has 1 aromatic heterocycles. The Labute approximate surface area is 94.8 Å². The van der Waals surface area contributed by atoms with Crippen LogP contribution in [-0.4, -0.2) is 17.3 Å². The van der Waals surface area contributed by atoms with Crippen LogP contribution < -0.4 is 4.74 Å². The molecule has 0 aromatic carbocycles. The second-order valence-electron chi connectivity index (χ2n) is 3.96. The summed E-state index contributed by atoms with van der Waals surface area (Å²) >= 11 is 6.02. The summed E-state index contributed by atoms with van der Waals surface area (Å²) in [5.74, 6) is 0.950. The fourth-order valence-electron chi connectivity index (χ4n) is 2.11. The van der Waals surface area contributed by atoms with Crippen molar-refractivity contribution in [1.29, 1.82) is 0 Å². The molecule has 3 nitrogen and oxygen atoms in total. The highest BCUT2D eigenvalue weighted by Crippen LogP contribution is 2.33. The minimum Gasteiger partial charge on any atom is -0.479 e. The van der Waals surface area contributed by atoms with Gasteiger partial charge in [-0.2, -0.15) is 5.10 Å². The van der Waals surface area contributed by atoms with Gasteiger partial charge < -0.3 is 4.74 Å². The highest BCUT2D eigenvalue weighted by atomic mass is 35.5. The van der Waals surface area contributed by atoms with E-state index < -0.39 is 0 Å². The van der Waals surface area contributed by atoms with Gasteiger partial charge >= 0.3 is 0 Å². The molecule has 0 N–H and O–H groups in total. The van der Waals surface area contributed by atoms with E-state index >= 15 is 0 Å². The van der Waals surface area contributed by atoms with Gasteiger partial charge in [0.15, 0.2) is 0 Å². The van der Waals surface area contributed by atoms with Crippen molar-refractivity contribution in [1.82, 2.24) is 10.2 Å². The van der Waals surface area contributed by atoms with E-state index in [9.17, 15) is 0 Å². The normalized spacial score (nSPS) is 17.7. The summed E-state index contributed by atoms with van der Waals surface area (Å²) in [7, 11) is 1.55. The lowest BCUT2D eigenvalue weighted by atomic mass is 9.87. The van der Waals surface area contributed by atoms with Crippen molar-refractivity contribution in [2.24, 2.45) is 0 Å². The lowest BCUT2D eigenvalue weighted by Gasteiger charge is -2.20. The smallest absolute Gasteiger partial charge is 0.252 e. The number of nitrogens with zero attached hydrogens (tertiary/aromatic N) is 2. The summed E-state index contributed by atoms with van der Waals surface area (Å²) < 4.78 is 4.98. The Bertz CT molecular complexity index is 337. The topological polar surface area (TPSA) is 35.0 Å². The van der Waals surface area contributed by atoms with Gasteiger partial charge in [-0.1, -0.05) is 30.9 Å². The first kappa shape index (κ1) is 10.7. The molecule has 0 unspecified atom stereocenters. The van der Waals surface area contributed by atoms with Crippen LogP contribution in [-0.2, 0) is 0 Å². The van der Waals surface area contributed by atoms with Gasteiger partial charge in [0, 0.05) is 5.92 Å². The average molecular weight is 227 g/mol. The second kappa shape index (κ2) is 4.79. The molecule has 82 valence electrons. The first-order valence-corrected chi connectivity index (χ1v) is 5.76. The molecule has 0 amide bonds. The lowest BCUT2D eigenvalue weighted by molar-refractivity contribution is 0.386. The van der Waals surface area contributed by atoms with Crippen LogP contribution in [0.3, 0.4) is 0 Å². The SMILES string of the molecule is COc1nnc(C2CCCCC2)cc1Cl. The Hall–Kier alpha value is -0.830. The van der Waals surface area contributed by atoms with Gasteiger partial charge in [-0.25, -0.2) is 0 Å². The van der Waals surface area contributed by atoms with Crippen molar-refractivity contribution in [3.63, 3.8) is 0 Å². The second-order valence-corrected chi connectivity index (χ2v) is 4.37. The van der Waals surface area contributed by atoms with Crippen LogP contribution in [0.5, 0.6) is 5.88 Å². The van der Waals surface area contributed by atoms with Crippen molar-refractivity contribution in [2.75, 3.05) is 7.11 Å². The zero-order valence-corrected chi connectivity index (χ0v) is 9.63. The third-order valence-electron chi connectivity index (χ3n) is 2.95. The Morgan fingerprint density at radius 3 is 2.60 bits per heavy atom. The van der Waals surface area contributed by atoms with E-state index in [1.807, 2.05) is 6.07 Å². The van der Waals surface area contributed by atoms with Gasteiger partial charge in [0.2, 0.25) is 0 Å². The molecule has 1 heterocycles. The molecule has 2 rings (SSSR count).